The van der Waals surface area contributed by atoms with Crippen molar-refractivity contribution in [1.29, 1.82) is 0 Å². The fourth-order valence-corrected chi connectivity index (χ4v) is 4.00. The highest BCUT2D eigenvalue weighted by molar-refractivity contribution is 8.00. The van der Waals surface area contributed by atoms with E-state index in [9.17, 15) is 4.79 Å². The summed E-state index contributed by atoms with van der Waals surface area (Å²) >= 11 is 14.1. The molecule has 0 aliphatic carbocycles. The summed E-state index contributed by atoms with van der Waals surface area (Å²) in [7, 11) is 0. The SMILES string of the molecule is CCC1CN(CCC(=O)c2cccc(Cl)c2Cl)CCS1. The van der Waals surface area contributed by atoms with Gasteiger partial charge in [-0.25, -0.2) is 0 Å². The lowest BCUT2D eigenvalue weighted by Gasteiger charge is -2.31. The van der Waals surface area contributed by atoms with E-state index in [2.05, 4.69) is 11.8 Å². The normalized spacial score (nSPS) is 20.1. The molecule has 2 nitrogen and oxygen atoms in total. The topological polar surface area (TPSA) is 20.3 Å². The van der Waals surface area contributed by atoms with Gasteiger partial charge in [-0.2, -0.15) is 11.8 Å². The molecule has 0 bridgehead atoms. The predicted octanol–water partition coefficient (Wildman–Crippen LogP) is 4.39. The number of hydrogen-bond donors (Lipinski definition) is 0. The van der Waals surface area contributed by atoms with Crippen LogP contribution in [0.4, 0.5) is 0 Å². The molecule has 5 heteroatoms. The van der Waals surface area contributed by atoms with Crippen LogP contribution in [0, 0.1) is 0 Å². The highest BCUT2D eigenvalue weighted by atomic mass is 35.5. The van der Waals surface area contributed by atoms with E-state index in [4.69, 9.17) is 23.2 Å². The summed E-state index contributed by atoms with van der Waals surface area (Å²) in [6.07, 6.45) is 1.69. The third-order valence-electron chi connectivity index (χ3n) is 3.59. The van der Waals surface area contributed by atoms with Crippen LogP contribution < -0.4 is 0 Å². The summed E-state index contributed by atoms with van der Waals surface area (Å²) < 4.78 is 0. The molecule has 1 atom stereocenters. The van der Waals surface area contributed by atoms with Gasteiger partial charge in [0, 0.05) is 42.6 Å². The first-order valence-electron chi connectivity index (χ1n) is 6.93. The Kier molecular flexibility index (Phi) is 6.21. The minimum Gasteiger partial charge on any atom is -0.301 e. The molecule has 0 spiro atoms. The quantitative estimate of drug-likeness (QED) is 0.746. The summed E-state index contributed by atoms with van der Waals surface area (Å²) in [4.78, 5) is 14.6. The lowest BCUT2D eigenvalue weighted by molar-refractivity contribution is 0.0965. The van der Waals surface area contributed by atoms with Gasteiger partial charge in [-0.3, -0.25) is 4.79 Å². The molecule has 1 fully saturated rings. The Balaban J connectivity index is 1.90. The minimum absolute atomic E-state index is 0.0729. The van der Waals surface area contributed by atoms with Crippen molar-refractivity contribution in [2.45, 2.75) is 25.0 Å². The average molecular weight is 332 g/mol. The van der Waals surface area contributed by atoms with E-state index < -0.39 is 0 Å². The third-order valence-corrected chi connectivity index (χ3v) is 5.78. The van der Waals surface area contributed by atoms with Crippen molar-refractivity contribution in [3.05, 3.63) is 33.8 Å². The summed E-state index contributed by atoms with van der Waals surface area (Å²) in [6.45, 7) is 5.17. The molecule has 1 aromatic carbocycles. The summed E-state index contributed by atoms with van der Waals surface area (Å²) in [5.41, 5.74) is 0.539. The van der Waals surface area contributed by atoms with Gasteiger partial charge in [0.2, 0.25) is 0 Å². The molecule has 0 radical (unpaired) electrons. The van der Waals surface area contributed by atoms with E-state index in [-0.39, 0.29) is 5.78 Å². The number of carbonyl (C=O) groups is 1. The fourth-order valence-electron chi connectivity index (χ4n) is 2.34. The van der Waals surface area contributed by atoms with E-state index in [1.165, 1.54) is 6.42 Å². The Labute approximate surface area is 134 Å². The van der Waals surface area contributed by atoms with Gasteiger partial charge in [-0.1, -0.05) is 36.2 Å². The molecular formula is C15H19Cl2NOS. The Morgan fingerprint density at radius 2 is 2.25 bits per heavy atom. The van der Waals surface area contributed by atoms with Crippen molar-refractivity contribution in [2.24, 2.45) is 0 Å². The van der Waals surface area contributed by atoms with Crippen LogP contribution in [0.25, 0.3) is 0 Å². The minimum atomic E-state index is 0.0729. The molecule has 2 rings (SSSR count). The number of hydrogen-bond acceptors (Lipinski definition) is 3. The zero-order valence-electron chi connectivity index (χ0n) is 11.6. The van der Waals surface area contributed by atoms with Gasteiger partial charge in [0.25, 0.3) is 0 Å². The van der Waals surface area contributed by atoms with E-state index in [0.717, 1.165) is 25.4 Å². The first kappa shape index (κ1) is 16.2. The van der Waals surface area contributed by atoms with E-state index in [0.29, 0.717) is 27.3 Å². The van der Waals surface area contributed by atoms with Gasteiger partial charge in [-0.05, 0) is 18.6 Å². The number of thioether (sulfide) groups is 1. The van der Waals surface area contributed by atoms with Crippen molar-refractivity contribution >= 4 is 40.7 Å². The smallest absolute Gasteiger partial charge is 0.165 e. The molecule has 1 aliphatic rings. The molecule has 0 aromatic heterocycles. The number of Topliss-reactive ketones (excluding diaryl/α,β-unsaturated/α-hetero) is 1. The van der Waals surface area contributed by atoms with Crippen molar-refractivity contribution in [1.82, 2.24) is 4.90 Å². The maximum atomic E-state index is 12.2. The Bertz CT molecular complexity index is 481. The highest BCUT2D eigenvalue weighted by Gasteiger charge is 2.20. The molecule has 1 heterocycles. The van der Waals surface area contributed by atoms with Crippen LogP contribution in [0.15, 0.2) is 18.2 Å². The lowest BCUT2D eigenvalue weighted by atomic mass is 10.1. The van der Waals surface area contributed by atoms with Crippen molar-refractivity contribution in [3.8, 4) is 0 Å². The van der Waals surface area contributed by atoms with Crippen molar-refractivity contribution < 1.29 is 4.79 Å². The maximum Gasteiger partial charge on any atom is 0.165 e. The van der Waals surface area contributed by atoms with Crippen molar-refractivity contribution in [3.63, 3.8) is 0 Å². The van der Waals surface area contributed by atoms with E-state index >= 15 is 0 Å². The van der Waals surface area contributed by atoms with Gasteiger partial charge in [0.1, 0.15) is 0 Å². The van der Waals surface area contributed by atoms with Crippen LogP contribution >= 0.6 is 35.0 Å². The van der Waals surface area contributed by atoms with E-state index in [1.807, 2.05) is 11.8 Å². The molecule has 1 unspecified atom stereocenters. The summed E-state index contributed by atoms with van der Waals surface area (Å²) in [6, 6.07) is 5.22. The number of halogens is 2. The largest absolute Gasteiger partial charge is 0.301 e. The second-order valence-corrected chi connectivity index (χ2v) is 7.17. The molecular weight excluding hydrogens is 313 g/mol. The molecule has 20 heavy (non-hydrogen) atoms. The molecule has 0 saturated carbocycles. The lowest BCUT2D eigenvalue weighted by Crippen LogP contribution is -2.38. The molecule has 0 amide bonds. The second kappa shape index (κ2) is 7.69. The second-order valence-electron chi connectivity index (χ2n) is 4.98. The van der Waals surface area contributed by atoms with Crippen LogP contribution in [0.3, 0.4) is 0 Å². The number of benzene rings is 1. The molecule has 1 aliphatic heterocycles. The van der Waals surface area contributed by atoms with Gasteiger partial charge in [0.05, 0.1) is 10.0 Å². The van der Waals surface area contributed by atoms with Crippen LogP contribution in [-0.4, -0.2) is 41.3 Å². The fraction of sp³-hybridized carbons (Fsp3) is 0.533. The summed E-state index contributed by atoms with van der Waals surface area (Å²) in [5, 5.41) is 1.52. The highest BCUT2D eigenvalue weighted by Crippen LogP contribution is 2.27. The number of carbonyl (C=O) groups excluding carboxylic acids is 1. The first-order valence-corrected chi connectivity index (χ1v) is 8.73. The zero-order chi connectivity index (χ0) is 14.5. The first-order chi connectivity index (χ1) is 9.61. The Morgan fingerprint density at radius 1 is 1.45 bits per heavy atom. The number of rotatable bonds is 5. The Morgan fingerprint density at radius 3 is 3.00 bits per heavy atom. The van der Waals surface area contributed by atoms with Gasteiger partial charge < -0.3 is 4.90 Å². The van der Waals surface area contributed by atoms with E-state index in [1.54, 1.807) is 18.2 Å². The van der Waals surface area contributed by atoms with Crippen LogP contribution in [0.5, 0.6) is 0 Å². The van der Waals surface area contributed by atoms with Crippen LogP contribution in [0.2, 0.25) is 10.0 Å². The standard InChI is InChI=1S/C15H19Cl2NOS/c1-2-11-10-18(8-9-20-11)7-6-14(19)12-4-3-5-13(16)15(12)17/h3-5,11H,2,6-10H2,1H3. The van der Waals surface area contributed by atoms with Gasteiger partial charge in [0.15, 0.2) is 5.78 Å². The molecule has 110 valence electrons. The monoisotopic (exact) mass is 331 g/mol. The maximum absolute atomic E-state index is 12.2. The van der Waals surface area contributed by atoms with Crippen LogP contribution in [-0.2, 0) is 0 Å². The molecule has 1 saturated heterocycles. The van der Waals surface area contributed by atoms with Gasteiger partial charge in [-0.15, -0.1) is 0 Å². The predicted molar refractivity (Wildman–Crippen MR) is 88.4 cm³/mol. The summed E-state index contributed by atoms with van der Waals surface area (Å²) in [5.74, 6) is 1.23. The zero-order valence-corrected chi connectivity index (χ0v) is 13.9. The Hall–Kier alpha value is -0.220. The van der Waals surface area contributed by atoms with Gasteiger partial charge >= 0.3 is 0 Å². The number of ketones is 1. The van der Waals surface area contributed by atoms with Crippen molar-refractivity contribution in [2.75, 3.05) is 25.4 Å². The molecule has 0 N–H and O–H groups in total. The van der Waals surface area contributed by atoms with Crippen LogP contribution in [0.1, 0.15) is 30.1 Å². The number of nitrogens with zero attached hydrogens (tertiary/aromatic N) is 1. The average Bonchev–Trinajstić information content (AvgIpc) is 2.48. The third kappa shape index (κ3) is 4.14. The molecule has 1 aromatic rings.